The largest absolute Gasteiger partial charge is 0.378 e. The average Bonchev–Trinajstić information content (AvgIpc) is 3.09. The molecule has 0 aliphatic carbocycles. The third kappa shape index (κ3) is 3.59. The van der Waals surface area contributed by atoms with Crippen LogP contribution < -0.4 is 10.2 Å². The zero-order valence-corrected chi connectivity index (χ0v) is 15.2. The molecule has 5 nitrogen and oxygen atoms in total. The van der Waals surface area contributed by atoms with Gasteiger partial charge in [-0.05, 0) is 32.9 Å². The summed E-state index contributed by atoms with van der Waals surface area (Å²) in [5.41, 5.74) is 2.41. The van der Waals surface area contributed by atoms with Gasteiger partial charge in [-0.15, -0.1) is 11.3 Å². The molecule has 1 aliphatic heterocycles. The Morgan fingerprint density at radius 3 is 2.70 bits per heavy atom. The molecule has 3 rings (SSSR count). The second-order valence-corrected chi connectivity index (χ2v) is 7.48. The van der Waals surface area contributed by atoms with E-state index in [0.29, 0.717) is 6.04 Å². The maximum atomic E-state index is 5.48. The molecular weight excluding hydrogens is 308 g/mol. The smallest absolute Gasteiger partial charge is 0.131 e. The van der Waals surface area contributed by atoms with E-state index < -0.39 is 0 Å². The Bertz CT molecular complexity index is 658. The van der Waals surface area contributed by atoms with E-state index in [-0.39, 0.29) is 0 Å². The Morgan fingerprint density at radius 2 is 2.04 bits per heavy atom. The normalized spacial score (nSPS) is 16.8. The molecule has 1 fully saturated rings. The van der Waals surface area contributed by atoms with E-state index in [1.165, 1.54) is 21.1 Å². The average molecular weight is 334 g/mol. The molecule has 1 N–H and O–H groups in total. The van der Waals surface area contributed by atoms with Gasteiger partial charge >= 0.3 is 0 Å². The lowest BCUT2D eigenvalue weighted by molar-refractivity contribution is 0.122. The summed E-state index contributed by atoms with van der Waals surface area (Å²) in [6.45, 7) is 10.8. The van der Waals surface area contributed by atoms with Crippen molar-refractivity contribution >= 4 is 17.2 Å². The van der Waals surface area contributed by atoms with Crippen LogP contribution >= 0.6 is 11.3 Å². The predicted molar refractivity (Wildman–Crippen MR) is 95.3 cm³/mol. The first-order valence-electron chi connectivity index (χ1n) is 8.21. The Kier molecular flexibility index (Phi) is 5.04. The number of hydrogen-bond acceptors (Lipinski definition) is 5. The van der Waals surface area contributed by atoms with Crippen LogP contribution in [-0.4, -0.2) is 36.1 Å². The molecule has 126 valence electrons. The van der Waals surface area contributed by atoms with Gasteiger partial charge in [0.15, 0.2) is 0 Å². The van der Waals surface area contributed by atoms with Crippen LogP contribution in [0.15, 0.2) is 12.1 Å². The first kappa shape index (κ1) is 16.5. The van der Waals surface area contributed by atoms with Crippen LogP contribution in [-0.2, 0) is 18.3 Å². The SMILES string of the molecule is Cc1ccc([C@H](C)NCc2c(C)nn(C)c2N2CCOCC2)s1. The minimum atomic E-state index is 0.353. The van der Waals surface area contributed by atoms with Gasteiger partial charge in [-0.1, -0.05) is 0 Å². The van der Waals surface area contributed by atoms with Crippen LogP contribution in [0, 0.1) is 13.8 Å². The molecule has 0 aromatic carbocycles. The van der Waals surface area contributed by atoms with Crippen molar-refractivity contribution in [1.82, 2.24) is 15.1 Å². The number of nitrogens with one attached hydrogen (secondary N) is 1. The molecule has 0 amide bonds. The molecule has 0 radical (unpaired) electrons. The summed E-state index contributed by atoms with van der Waals surface area (Å²) in [5, 5.41) is 8.30. The lowest BCUT2D eigenvalue weighted by atomic mass is 10.2. The zero-order valence-electron chi connectivity index (χ0n) is 14.4. The topological polar surface area (TPSA) is 42.3 Å². The molecule has 0 spiro atoms. The number of rotatable bonds is 5. The van der Waals surface area contributed by atoms with E-state index in [1.54, 1.807) is 0 Å². The van der Waals surface area contributed by atoms with Crippen molar-refractivity contribution in [3.63, 3.8) is 0 Å². The molecule has 0 bridgehead atoms. The fourth-order valence-corrected chi connectivity index (χ4v) is 4.01. The van der Waals surface area contributed by atoms with E-state index in [0.717, 1.165) is 38.5 Å². The zero-order chi connectivity index (χ0) is 16.4. The molecule has 3 heterocycles. The highest BCUT2D eigenvalue weighted by Gasteiger charge is 2.21. The van der Waals surface area contributed by atoms with Gasteiger partial charge in [0.2, 0.25) is 0 Å². The molecule has 1 aliphatic rings. The number of nitrogens with zero attached hydrogens (tertiary/aromatic N) is 3. The van der Waals surface area contributed by atoms with Crippen molar-refractivity contribution in [3.05, 3.63) is 33.1 Å². The van der Waals surface area contributed by atoms with Crippen molar-refractivity contribution in [2.24, 2.45) is 7.05 Å². The number of thiophene rings is 1. The second-order valence-electron chi connectivity index (χ2n) is 6.16. The number of aryl methyl sites for hydroxylation is 3. The van der Waals surface area contributed by atoms with Crippen molar-refractivity contribution < 1.29 is 4.74 Å². The van der Waals surface area contributed by atoms with E-state index >= 15 is 0 Å². The second kappa shape index (κ2) is 7.03. The van der Waals surface area contributed by atoms with Gasteiger partial charge in [0, 0.05) is 48.0 Å². The van der Waals surface area contributed by atoms with Gasteiger partial charge in [-0.3, -0.25) is 4.68 Å². The minimum Gasteiger partial charge on any atom is -0.378 e. The monoisotopic (exact) mass is 334 g/mol. The molecule has 2 aromatic rings. The predicted octanol–water partition coefficient (Wildman–Crippen LogP) is 2.79. The molecule has 2 aromatic heterocycles. The number of anilines is 1. The summed E-state index contributed by atoms with van der Waals surface area (Å²) < 4.78 is 7.49. The van der Waals surface area contributed by atoms with Crippen molar-refractivity contribution in [1.29, 1.82) is 0 Å². The first-order chi connectivity index (χ1) is 11.1. The lowest BCUT2D eigenvalue weighted by Crippen LogP contribution is -2.38. The minimum absolute atomic E-state index is 0.353. The highest BCUT2D eigenvalue weighted by molar-refractivity contribution is 7.12. The summed E-state index contributed by atoms with van der Waals surface area (Å²) in [7, 11) is 2.04. The summed E-state index contributed by atoms with van der Waals surface area (Å²) >= 11 is 1.86. The Balaban J connectivity index is 1.74. The van der Waals surface area contributed by atoms with E-state index in [4.69, 9.17) is 4.74 Å². The fourth-order valence-electron chi connectivity index (χ4n) is 3.11. The molecule has 0 saturated carbocycles. The van der Waals surface area contributed by atoms with Crippen molar-refractivity contribution in [3.8, 4) is 0 Å². The van der Waals surface area contributed by atoms with Gasteiger partial charge in [0.05, 0.1) is 18.9 Å². The number of aromatic nitrogens is 2. The lowest BCUT2D eigenvalue weighted by Gasteiger charge is -2.29. The van der Waals surface area contributed by atoms with Crippen molar-refractivity contribution in [2.45, 2.75) is 33.4 Å². The van der Waals surface area contributed by atoms with Gasteiger partial charge in [-0.2, -0.15) is 5.10 Å². The van der Waals surface area contributed by atoms with Gasteiger partial charge in [0.1, 0.15) is 5.82 Å². The summed E-state index contributed by atoms with van der Waals surface area (Å²) in [5.74, 6) is 1.23. The maximum Gasteiger partial charge on any atom is 0.131 e. The van der Waals surface area contributed by atoms with Gasteiger partial charge in [0.25, 0.3) is 0 Å². The quantitative estimate of drug-likeness (QED) is 0.913. The maximum absolute atomic E-state index is 5.48. The van der Waals surface area contributed by atoms with Crippen LogP contribution in [0.5, 0.6) is 0 Å². The van der Waals surface area contributed by atoms with Crippen LogP contribution in [0.3, 0.4) is 0 Å². The van der Waals surface area contributed by atoms with E-state index in [9.17, 15) is 0 Å². The van der Waals surface area contributed by atoms with Crippen LogP contribution in [0.1, 0.15) is 34.0 Å². The summed E-state index contributed by atoms with van der Waals surface area (Å²) in [6, 6.07) is 4.76. The number of morpholine rings is 1. The highest BCUT2D eigenvalue weighted by Crippen LogP contribution is 2.26. The molecule has 1 atom stereocenters. The standard InChI is InChI=1S/C17H26N4OS/c1-12-5-6-16(23-12)14(3)18-11-15-13(2)19-20(4)17(15)21-7-9-22-10-8-21/h5-6,14,18H,7-11H2,1-4H3/t14-/m0/s1. The molecule has 6 heteroatoms. The Labute approximate surface area is 142 Å². The van der Waals surface area contributed by atoms with E-state index in [2.05, 4.69) is 48.2 Å². The summed E-state index contributed by atoms with van der Waals surface area (Å²) in [4.78, 5) is 5.14. The van der Waals surface area contributed by atoms with Crippen LogP contribution in [0.2, 0.25) is 0 Å². The van der Waals surface area contributed by atoms with Crippen LogP contribution in [0.4, 0.5) is 5.82 Å². The third-order valence-corrected chi connectivity index (χ3v) is 5.58. The van der Waals surface area contributed by atoms with E-state index in [1.807, 2.05) is 23.1 Å². The van der Waals surface area contributed by atoms with Gasteiger partial charge < -0.3 is 15.0 Å². The third-order valence-electron chi connectivity index (χ3n) is 4.40. The Morgan fingerprint density at radius 1 is 1.30 bits per heavy atom. The number of hydrogen-bond donors (Lipinski definition) is 1. The first-order valence-corrected chi connectivity index (χ1v) is 9.03. The van der Waals surface area contributed by atoms with Crippen molar-refractivity contribution in [2.75, 3.05) is 31.2 Å². The molecule has 23 heavy (non-hydrogen) atoms. The Hall–Kier alpha value is -1.37. The molecular formula is C17H26N4OS. The molecule has 1 saturated heterocycles. The molecule has 0 unspecified atom stereocenters. The number of ether oxygens (including phenoxy) is 1. The highest BCUT2D eigenvalue weighted by atomic mass is 32.1. The summed E-state index contributed by atoms with van der Waals surface area (Å²) in [6.07, 6.45) is 0. The van der Waals surface area contributed by atoms with Gasteiger partial charge in [-0.25, -0.2) is 0 Å². The fraction of sp³-hybridized carbons (Fsp3) is 0.588. The van der Waals surface area contributed by atoms with Crippen LogP contribution in [0.25, 0.3) is 0 Å².